The molecular formula is C21H34N6S2. The third-order valence-electron chi connectivity index (χ3n) is 7.03. The first-order chi connectivity index (χ1) is 14.3. The molecule has 1 aromatic heterocycles. The van der Waals surface area contributed by atoms with E-state index in [1.54, 1.807) is 11.3 Å². The summed E-state index contributed by atoms with van der Waals surface area (Å²) in [6.45, 7) is 7.23. The smallest absolute Gasteiger partial charge is 0.185 e. The Hall–Kier alpha value is -0.990. The van der Waals surface area contributed by atoms with E-state index >= 15 is 0 Å². The molecule has 1 aromatic rings. The molecule has 3 saturated heterocycles. The van der Waals surface area contributed by atoms with Gasteiger partial charge in [0.05, 0.1) is 0 Å². The van der Waals surface area contributed by atoms with Crippen LogP contribution in [0.15, 0.2) is 16.7 Å². The number of hydrazone groups is 1. The summed E-state index contributed by atoms with van der Waals surface area (Å²) in [5.74, 6) is 0.648. The number of hydrogen-bond acceptors (Lipinski definition) is 8. The van der Waals surface area contributed by atoms with Gasteiger partial charge in [-0.15, -0.1) is 11.3 Å². The summed E-state index contributed by atoms with van der Waals surface area (Å²) in [7, 11) is 2.17. The van der Waals surface area contributed by atoms with Gasteiger partial charge in [0, 0.05) is 56.8 Å². The molecule has 5 heterocycles. The van der Waals surface area contributed by atoms with Gasteiger partial charge in [0.2, 0.25) is 0 Å². The first-order valence-corrected chi connectivity index (χ1v) is 13.2. The molecule has 0 aromatic carbocycles. The molecule has 4 aliphatic rings. The van der Waals surface area contributed by atoms with Gasteiger partial charge in [-0.1, -0.05) is 18.2 Å². The zero-order valence-electron chi connectivity index (χ0n) is 17.6. The number of rotatable bonds is 3. The van der Waals surface area contributed by atoms with Gasteiger partial charge < -0.3 is 14.7 Å². The highest BCUT2D eigenvalue weighted by Gasteiger charge is 2.38. The van der Waals surface area contributed by atoms with Gasteiger partial charge in [0.1, 0.15) is 5.37 Å². The molecule has 0 radical (unpaired) electrons. The van der Waals surface area contributed by atoms with E-state index in [4.69, 9.17) is 5.10 Å². The molecule has 3 fully saturated rings. The maximum Gasteiger partial charge on any atom is 0.185 e. The zero-order chi connectivity index (χ0) is 19.6. The Bertz CT molecular complexity index is 681. The molecule has 8 heteroatoms. The number of likely N-dealkylation sites (tertiary alicyclic amines) is 2. The number of hydrogen-bond donors (Lipinski definition) is 0. The molecule has 0 N–H and O–H groups in total. The van der Waals surface area contributed by atoms with Crippen molar-refractivity contribution in [2.45, 2.75) is 56.4 Å². The Balaban J connectivity index is 1.15. The van der Waals surface area contributed by atoms with Gasteiger partial charge in [0.25, 0.3) is 0 Å². The van der Waals surface area contributed by atoms with Crippen molar-refractivity contribution in [1.29, 1.82) is 0 Å². The highest BCUT2D eigenvalue weighted by Crippen LogP contribution is 2.38. The van der Waals surface area contributed by atoms with E-state index in [0.29, 0.717) is 11.3 Å². The monoisotopic (exact) mass is 434 g/mol. The minimum atomic E-state index is 0.465. The second-order valence-electron chi connectivity index (χ2n) is 8.94. The van der Waals surface area contributed by atoms with Crippen LogP contribution in [0.2, 0.25) is 0 Å². The normalized spacial score (nSPS) is 30.1. The van der Waals surface area contributed by atoms with Crippen LogP contribution < -0.4 is 4.90 Å². The summed E-state index contributed by atoms with van der Waals surface area (Å²) < 4.78 is 0. The van der Waals surface area contributed by atoms with Crippen LogP contribution in [0, 0.1) is 5.92 Å². The van der Waals surface area contributed by atoms with Crippen LogP contribution in [-0.2, 0) is 0 Å². The standard InChI is InChI=1S/C21H34N6S2/c1-24-19(17-6-5-12-27(16-17)20-22-9-15-28-20)29-21(23-24)26-13-7-18(8-14-26)25-10-3-2-4-11-25/h9,15,17-19H,2-8,10-14,16H2,1H3. The topological polar surface area (TPSA) is 38.2 Å². The summed E-state index contributed by atoms with van der Waals surface area (Å²) >= 11 is 3.78. The number of nitrogens with zero attached hydrogens (tertiary/aromatic N) is 6. The molecule has 6 nitrogen and oxygen atoms in total. The molecular weight excluding hydrogens is 400 g/mol. The molecule has 0 aliphatic carbocycles. The van der Waals surface area contributed by atoms with Crippen LogP contribution in [-0.4, -0.2) is 82.7 Å². The Labute approximate surface area is 183 Å². The van der Waals surface area contributed by atoms with Crippen molar-refractivity contribution in [2.75, 3.05) is 51.2 Å². The van der Waals surface area contributed by atoms with Crippen molar-refractivity contribution in [3.8, 4) is 0 Å². The van der Waals surface area contributed by atoms with Gasteiger partial charge in [-0.05, 0) is 51.6 Å². The van der Waals surface area contributed by atoms with E-state index in [9.17, 15) is 0 Å². The molecule has 2 unspecified atom stereocenters. The number of anilines is 1. The van der Waals surface area contributed by atoms with Crippen LogP contribution in [0.1, 0.15) is 44.9 Å². The summed E-state index contributed by atoms with van der Waals surface area (Å²) in [5, 5.41) is 12.2. The maximum absolute atomic E-state index is 4.99. The van der Waals surface area contributed by atoms with E-state index < -0.39 is 0 Å². The van der Waals surface area contributed by atoms with Crippen LogP contribution >= 0.6 is 23.1 Å². The molecule has 0 saturated carbocycles. The molecule has 5 rings (SSSR count). The largest absolute Gasteiger partial charge is 0.350 e. The average Bonchev–Trinajstić information content (AvgIpc) is 3.45. The predicted molar refractivity (Wildman–Crippen MR) is 124 cm³/mol. The van der Waals surface area contributed by atoms with Gasteiger partial charge in [-0.25, -0.2) is 4.98 Å². The quantitative estimate of drug-likeness (QED) is 0.724. The van der Waals surface area contributed by atoms with Crippen molar-refractivity contribution in [3.05, 3.63) is 11.6 Å². The number of thioether (sulfide) groups is 1. The SMILES string of the molecule is CN1N=C(N2CCC(N3CCCCC3)CC2)SC1C1CCCN(c2nccs2)C1. The molecule has 0 spiro atoms. The molecule has 0 amide bonds. The maximum atomic E-state index is 4.99. The number of amidine groups is 1. The fourth-order valence-electron chi connectivity index (χ4n) is 5.43. The number of piperidine rings is 3. The Morgan fingerprint density at radius 2 is 1.76 bits per heavy atom. The Morgan fingerprint density at radius 3 is 2.52 bits per heavy atom. The highest BCUT2D eigenvalue weighted by atomic mass is 32.2. The van der Waals surface area contributed by atoms with Gasteiger partial charge in [-0.3, -0.25) is 5.01 Å². The van der Waals surface area contributed by atoms with E-state index in [0.717, 1.165) is 19.1 Å². The van der Waals surface area contributed by atoms with Crippen molar-refractivity contribution >= 4 is 33.4 Å². The Kier molecular flexibility index (Phi) is 6.20. The third kappa shape index (κ3) is 4.39. The third-order valence-corrected chi connectivity index (χ3v) is 9.35. The Morgan fingerprint density at radius 1 is 0.931 bits per heavy atom. The van der Waals surface area contributed by atoms with Crippen molar-refractivity contribution in [3.63, 3.8) is 0 Å². The first kappa shape index (κ1) is 19.9. The fourth-order valence-corrected chi connectivity index (χ4v) is 7.45. The van der Waals surface area contributed by atoms with Crippen LogP contribution in [0.25, 0.3) is 0 Å². The van der Waals surface area contributed by atoms with E-state index in [2.05, 4.69) is 37.1 Å². The van der Waals surface area contributed by atoms with Gasteiger partial charge in [-0.2, -0.15) is 5.10 Å². The lowest BCUT2D eigenvalue weighted by atomic mass is 9.98. The second-order valence-corrected chi connectivity index (χ2v) is 10.9. The van der Waals surface area contributed by atoms with Gasteiger partial charge in [0.15, 0.2) is 10.3 Å². The lowest BCUT2D eigenvalue weighted by Crippen LogP contribution is -2.47. The van der Waals surface area contributed by atoms with Crippen LogP contribution in [0.5, 0.6) is 0 Å². The van der Waals surface area contributed by atoms with E-state index in [-0.39, 0.29) is 0 Å². The summed E-state index contributed by atoms with van der Waals surface area (Å²) in [4.78, 5) is 12.3. The predicted octanol–water partition coefficient (Wildman–Crippen LogP) is 3.59. The highest BCUT2D eigenvalue weighted by molar-refractivity contribution is 8.14. The van der Waals surface area contributed by atoms with Crippen LogP contribution in [0.3, 0.4) is 0 Å². The fraction of sp³-hybridized carbons (Fsp3) is 0.810. The van der Waals surface area contributed by atoms with Crippen molar-refractivity contribution in [1.82, 2.24) is 19.8 Å². The minimum Gasteiger partial charge on any atom is -0.350 e. The van der Waals surface area contributed by atoms with E-state index in [1.807, 2.05) is 18.0 Å². The minimum absolute atomic E-state index is 0.465. The summed E-state index contributed by atoms with van der Waals surface area (Å²) in [6.07, 6.45) is 11.3. The zero-order valence-corrected chi connectivity index (χ0v) is 19.2. The van der Waals surface area contributed by atoms with E-state index in [1.165, 1.54) is 81.4 Å². The number of thiazole rings is 1. The van der Waals surface area contributed by atoms with Gasteiger partial charge >= 0.3 is 0 Å². The lowest BCUT2D eigenvalue weighted by molar-refractivity contribution is 0.115. The van der Waals surface area contributed by atoms with Crippen LogP contribution in [0.4, 0.5) is 5.13 Å². The second kappa shape index (κ2) is 9.02. The molecule has 4 aliphatic heterocycles. The first-order valence-electron chi connectivity index (χ1n) is 11.4. The summed E-state index contributed by atoms with van der Waals surface area (Å²) in [5.41, 5.74) is 0. The average molecular weight is 435 g/mol. The molecule has 160 valence electrons. The van der Waals surface area contributed by atoms with Crippen molar-refractivity contribution < 1.29 is 0 Å². The molecule has 2 atom stereocenters. The van der Waals surface area contributed by atoms with Crippen molar-refractivity contribution in [2.24, 2.45) is 11.0 Å². The summed E-state index contributed by atoms with van der Waals surface area (Å²) in [6, 6.07) is 0.803. The number of aromatic nitrogens is 1. The molecule has 29 heavy (non-hydrogen) atoms. The molecule has 0 bridgehead atoms. The lowest BCUT2D eigenvalue weighted by Gasteiger charge is -2.40.